The molecule has 0 amide bonds. The number of fused-ring (bicyclic) bond motifs is 1. The van der Waals surface area contributed by atoms with Crippen LogP contribution in [0, 0.1) is 17.5 Å². The molecule has 3 nitrogen and oxygen atoms in total. The van der Waals surface area contributed by atoms with Crippen LogP contribution in [0.25, 0.3) is 57.1 Å². The maximum atomic E-state index is 14.3. The summed E-state index contributed by atoms with van der Waals surface area (Å²) in [6.07, 6.45) is 12.2. The minimum Gasteiger partial charge on any atom is -0.204 e. The fourth-order valence-corrected chi connectivity index (χ4v) is 10.5. The molecule has 0 atom stereocenters. The molecule has 0 bridgehead atoms. The predicted molar refractivity (Wildman–Crippen MR) is 208 cm³/mol. The molecule has 0 fully saturated rings. The van der Waals surface area contributed by atoms with Gasteiger partial charge in [0.05, 0.1) is 5.69 Å². The number of nitrogens with zero attached hydrogens (tertiary/aromatic N) is 3. The molecule has 50 heavy (non-hydrogen) atoms. The molecule has 5 heterocycles. The molecule has 2 aromatic carbocycles. The van der Waals surface area contributed by atoms with Crippen LogP contribution in [0.5, 0.6) is 0 Å². The maximum Gasteiger partial charge on any atom is 0.194 e. The number of hydrogen-bond acceptors (Lipinski definition) is 6. The number of halogens is 3. The summed E-state index contributed by atoms with van der Waals surface area (Å²) in [6.45, 7) is 4.47. The van der Waals surface area contributed by atoms with Gasteiger partial charge in [-0.05, 0) is 74.2 Å². The lowest BCUT2D eigenvalue weighted by atomic mass is 10.1. The molecule has 0 unspecified atom stereocenters. The zero-order chi connectivity index (χ0) is 34.6. The number of rotatable bonds is 15. The molecule has 7 rings (SSSR count). The van der Waals surface area contributed by atoms with Crippen molar-refractivity contribution in [3.63, 3.8) is 0 Å². The second-order valence-corrected chi connectivity index (χ2v) is 17.1. The summed E-state index contributed by atoms with van der Waals surface area (Å²) in [6, 6.07) is 23.4. The van der Waals surface area contributed by atoms with Crippen LogP contribution in [0.2, 0.25) is 0 Å². The number of benzene rings is 2. The zero-order valence-corrected chi connectivity index (χ0v) is 31.4. The van der Waals surface area contributed by atoms with E-state index in [1.54, 1.807) is 22.7 Å². The summed E-state index contributed by atoms with van der Waals surface area (Å²) in [7, 11) is 0. The van der Waals surface area contributed by atoms with Crippen LogP contribution in [0.4, 0.5) is 13.2 Å². The van der Waals surface area contributed by atoms with E-state index < -0.39 is 17.5 Å². The van der Waals surface area contributed by atoms with E-state index in [0.29, 0.717) is 11.0 Å². The third-order valence-corrected chi connectivity index (χ3v) is 13.8. The van der Waals surface area contributed by atoms with Crippen molar-refractivity contribution in [1.82, 2.24) is 15.0 Å². The Balaban J connectivity index is 1.23. The molecule has 0 saturated carbocycles. The summed E-state index contributed by atoms with van der Waals surface area (Å²) in [5, 5.41) is 9.54. The van der Waals surface area contributed by atoms with Crippen molar-refractivity contribution < 1.29 is 13.2 Å². The van der Waals surface area contributed by atoms with Crippen molar-refractivity contribution in [2.75, 3.05) is 0 Å². The van der Waals surface area contributed by atoms with Gasteiger partial charge < -0.3 is 0 Å². The van der Waals surface area contributed by atoms with Crippen LogP contribution in [0.15, 0.2) is 72.8 Å². The third kappa shape index (κ3) is 7.54. The molecular weight excluding hydrogens is 708 g/mol. The third-order valence-electron chi connectivity index (χ3n) is 8.85. The standard InChI is InChI=1S/C40H38F3N3S4/c1-3-5-7-9-11-26-13-17-34(47-26)36-21-19-32(49-36)28-15-16-29(40-39(28)44-46(45-40)25-23-30(41)38(43)31(42)24-25)33-20-22-37(50-33)35-18-14-27(48-35)12-10-8-6-4-2/h13-24H,3-12H2,1-2H3. The van der Waals surface area contributed by atoms with Crippen LogP contribution in [0.3, 0.4) is 0 Å². The number of aryl methyl sites for hydroxylation is 2. The van der Waals surface area contributed by atoms with E-state index in [4.69, 9.17) is 10.2 Å². The molecule has 0 saturated heterocycles. The minimum atomic E-state index is -1.51. The Morgan fingerprint density at radius 3 is 1.38 bits per heavy atom. The first kappa shape index (κ1) is 34.9. The summed E-state index contributed by atoms with van der Waals surface area (Å²) >= 11 is 7.08. The molecular formula is C40H38F3N3S4. The maximum absolute atomic E-state index is 14.3. The Kier molecular flexibility index (Phi) is 11.0. The Hall–Kier alpha value is -3.57. The van der Waals surface area contributed by atoms with Crippen LogP contribution < -0.4 is 0 Å². The van der Waals surface area contributed by atoms with Gasteiger partial charge in [-0.3, -0.25) is 0 Å². The van der Waals surface area contributed by atoms with Gasteiger partial charge in [0.2, 0.25) is 0 Å². The van der Waals surface area contributed by atoms with Crippen LogP contribution in [-0.4, -0.2) is 15.0 Å². The lowest BCUT2D eigenvalue weighted by molar-refractivity contribution is 0.445. The Labute approximate surface area is 307 Å². The first-order valence-electron chi connectivity index (χ1n) is 17.4. The fourth-order valence-electron chi connectivity index (χ4n) is 6.14. The largest absolute Gasteiger partial charge is 0.204 e. The monoisotopic (exact) mass is 745 g/mol. The van der Waals surface area contributed by atoms with Gasteiger partial charge in [0.25, 0.3) is 0 Å². The van der Waals surface area contributed by atoms with Gasteiger partial charge in [-0.15, -0.1) is 55.5 Å². The predicted octanol–water partition coefficient (Wildman–Crippen LogP) is 14.0. The summed E-state index contributed by atoms with van der Waals surface area (Å²) in [5.74, 6) is -4.08. The summed E-state index contributed by atoms with van der Waals surface area (Å²) in [5.41, 5.74) is 3.01. The molecule has 258 valence electrons. The molecule has 0 aliphatic carbocycles. The van der Waals surface area contributed by atoms with E-state index >= 15 is 0 Å². The Bertz CT molecular complexity index is 2070. The Morgan fingerprint density at radius 1 is 0.500 bits per heavy atom. The topological polar surface area (TPSA) is 30.7 Å². The van der Waals surface area contributed by atoms with Gasteiger partial charge in [0.15, 0.2) is 17.5 Å². The minimum absolute atomic E-state index is 0.0170. The van der Waals surface area contributed by atoms with Gasteiger partial charge in [0, 0.05) is 62.3 Å². The van der Waals surface area contributed by atoms with E-state index in [-0.39, 0.29) is 5.69 Å². The quantitative estimate of drug-likeness (QED) is 0.0773. The van der Waals surface area contributed by atoms with Gasteiger partial charge in [-0.1, -0.05) is 64.5 Å². The van der Waals surface area contributed by atoms with E-state index in [1.807, 2.05) is 22.7 Å². The highest BCUT2D eigenvalue weighted by molar-refractivity contribution is 7.24. The first-order chi connectivity index (χ1) is 24.4. The van der Waals surface area contributed by atoms with Crippen molar-refractivity contribution in [1.29, 1.82) is 0 Å². The summed E-state index contributed by atoms with van der Waals surface area (Å²) in [4.78, 5) is 10.9. The Morgan fingerprint density at radius 2 is 0.920 bits per heavy atom. The van der Waals surface area contributed by atoms with E-state index in [9.17, 15) is 13.2 Å². The SMILES string of the molecule is CCCCCCc1ccc(-c2ccc(-c3ccc(-c4ccc(-c5ccc(CCCCCC)s5)s4)c4nn(-c5cc(F)c(F)c(F)c5)nc34)s2)s1. The van der Waals surface area contributed by atoms with Crippen LogP contribution in [-0.2, 0) is 12.8 Å². The van der Waals surface area contributed by atoms with E-state index in [1.165, 1.54) is 85.4 Å². The van der Waals surface area contributed by atoms with Gasteiger partial charge >= 0.3 is 0 Å². The molecule has 0 aliphatic rings. The van der Waals surface area contributed by atoms with Crippen molar-refractivity contribution in [2.24, 2.45) is 0 Å². The molecule has 0 aliphatic heterocycles. The molecule has 0 radical (unpaired) electrons. The van der Waals surface area contributed by atoms with Gasteiger partial charge in [-0.2, -0.15) is 4.80 Å². The molecule has 5 aromatic heterocycles. The average Bonchev–Trinajstić information content (AvgIpc) is 3.96. The number of thiophene rings is 4. The number of hydrogen-bond donors (Lipinski definition) is 0. The van der Waals surface area contributed by atoms with E-state index in [0.717, 1.165) is 45.9 Å². The molecule has 10 heteroatoms. The highest BCUT2D eigenvalue weighted by Crippen LogP contribution is 2.44. The second-order valence-electron chi connectivity index (χ2n) is 12.6. The van der Waals surface area contributed by atoms with Crippen molar-refractivity contribution in [3.8, 4) is 46.1 Å². The lowest BCUT2D eigenvalue weighted by Gasteiger charge is -2.03. The van der Waals surface area contributed by atoms with Crippen LogP contribution in [0.1, 0.15) is 75.0 Å². The molecule has 0 N–H and O–H groups in total. The van der Waals surface area contributed by atoms with E-state index in [2.05, 4.69) is 74.5 Å². The highest BCUT2D eigenvalue weighted by Gasteiger charge is 2.21. The molecule has 0 spiro atoms. The number of unbranched alkanes of at least 4 members (excludes halogenated alkanes) is 6. The number of aromatic nitrogens is 3. The smallest absolute Gasteiger partial charge is 0.194 e. The van der Waals surface area contributed by atoms with Crippen molar-refractivity contribution in [3.05, 3.63) is 100 Å². The normalized spacial score (nSPS) is 11.7. The lowest BCUT2D eigenvalue weighted by Crippen LogP contribution is -2.02. The van der Waals surface area contributed by atoms with Gasteiger partial charge in [0.1, 0.15) is 11.0 Å². The van der Waals surface area contributed by atoms with Crippen molar-refractivity contribution >= 4 is 56.4 Å². The fraction of sp³-hybridized carbons (Fsp3) is 0.300. The van der Waals surface area contributed by atoms with Gasteiger partial charge in [-0.25, -0.2) is 13.2 Å². The van der Waals surface area contributed by atoms with Crippen LogP contribution >= 0.6 is 45.3 Å². The summed E-state index contributed by atoms with van der Waals surface area (Å²) < 4.78 is 42.5. The highest BCUT2D eigenvalue weighted by atomic mass is 32.1. The zero-order valence-electron chi connectivity index (χ0n) is 28.1. The second kappa shape index (κ2) is 15.8. The first-order valence-corrected chi connectivity index (χ1v) is 20.6. The molecule has 7 aromatic rings. The van der Waals surface area contributed by atoms with Crippen molar-refractivity contribution in [2.45, 2.75) is 78.1 Å². The average molecular weight is 746 g/mol.